The zero-order chi connectivity index (χ0) is 7.40. The Morgan fingerprint density at radius 2 is 1.90 bits per heavy atom. The summed E-state index contributed by atoms with van der Waals surface area (Å²) in [6, 6.07) is 8.31. The number of rotatable bonds is 2. The highest BCUT2D eigenvalue weighted by Gasteiger charge is 1.90. The number of benzene rings is 1. The van der Waals surface area contributed by atoms with Crippen LogP contribution in [0.5, 0.6) is 0 Å². The minimum atomic E-state index is 0.921. The van der Waals surface area contributed by atoms with Gasteiger partial charge in [0.05, 0.1) is 0 Å². The standard InChI is InChI=1S/C7H7BrS2/c8-5-6-1-3-7(10-9)4-2-6/h1-4,9H,5H2. The summed E-state index contributed by atoms with van der Waals surface area (Å²) in [6.07, 6.45) is 0. The van der Waals surface area contributed by atoms with E-state index in [-0.39, 0.29) is 0 Å². The van der Waals surface area contributed by atoms with E-state index in [1.807, 2.05) is 0 Å². The van der Waals surface area contributed by atoms with Gasteiger partial charge in [0, 0.05) is 10.2 Å². The molecule has 0 heterocycles. The highest BCUT2D eigenvalue weighted by Crippen LogP contribution is 2.21. The Hall–Kier alpha value is 0.400. The lowest BCUT2D eigenvalue weighted by Crippen LogP contribution is -1.74. The molecule has 1 aromatic carbocycles. The van der Waals surface area contributed by atoms with Crippen molar-refractivity contribution in [2.24, 2.45) is 0 Å². The van der Waals surface area contributed by atoms with Gasteiger partial charge < -0.3 is 0 Å². The Morgan fingerprint density at radius 3 is 2.30 bits per heavy atom. The third kappa shape index (κ3) is 2.22. The fraction of sp³-hybridized carbons (Fsp3) is 0.143. The molecule has 54 valence electrons. The summed E-state index contributed by atoms with van der Waals surface area (Å²) in [6.45, 7) is 0. The molecule has 0 N–H and O–H groups in total. The van der Waals surface area contributed by atoms with Crippen LogP contribution in [0.4, 0.5) is 0 Å². The van der Waals surface area contributed by atoms with E-state index in [1.54, 1.807) is 0 Å². The highest BCUT2D eigenvalue weighted by atomic mass is 79.9. The van der Waals surface area contributed by atoms with Gasteiger partial charge in [0.2, 0.25) is 0 Å². The second-order valence-electron chi connectivity index (χ2n) is 1.87. The van der Waals surface area contributed by atoms with Gasteiger partial charge in [-0.15, -0.1) is 11.7 Å². The number of hydrogen-bond donors (Lipinski definition) is 1. The van der Waals surface area contributed by atoms with E-state index in [1.165, 1.54) is 21.3 Å². The quantitative estimate of drug-likeness (QED) is 0.465. The average molecular weight is 235 g/mol. The van der Waals surface area contributed by atoms with E-state index >= 15 is 0 Å². The molecule has 0 bridgehead atoms. The summed E-state index contributed by atoms with van der Waals surface area (Å²) < 4.78 is 0. The average Bonchev–Trinajstić information content (AvgIpc) is 2.05. The van der Waals surface area contributed by atoms with Gasteiger partial charge in [0.1, 0.15) is 0 Å². The summed E-state index contributed by atoms with van der Waals surface area (Å²) in [7, 11) is 1.47. The van der Waals surface area contributed by atoms with Gasteiger partial charge in [-0.2, -0.15) is 0 Å². The van der Waals surface area contributed by atoms with Crippen molar-refractivity contribution in [3.63, 3.8) is 0 Å². The van der Waals surface area contributed by atoms with Crippen molar-refractivity contribution in [3.05, 3.63) is 29.8 Å². The minimum Gasteiger partial charge on any atom is -0.106 e. The smallest absolute Gasteiger partial charge is 0.0283 e. The molecule has 0 nitrogen and oxygen atoms in total. The van der Waals surface area contributed by atoms with Crippen molar-refractivity contribution in [1.82, 2.24) is 0 Å². The van der Waals surface area contributed by atoms with Crippen LogP contribution in [0.1, 0.15) is 5.56 Å². The molecule has 1 aromatic rings. The molecule has 0 unspecified atom stereocenters. The summed E-state index contributed by atoms with van der Waals surface area (Å²) in [4.78, 5) is 1.19. The van der Waals surface area contributed by atoms with Gasteiger partial charge >= 0.3 is 0 Å². The predicted molar refractivity (Wildman–Crippen MR) is 53.9 cm³/mol. The van der Waals surface area contributed by atoms with Gasteiger partial charge in [-0.05, 0) is 17.7 Å². The zero-order valence-corrected chi connectivity index (χ0v) is 8.55. The Kier molecular flexibility index (Phi) is 3.66. The van der Waals surface area contributed by atoms with Crippen LogP contribution < -0.4 is 0 Å². The molecule has 0 amide bonds. The summed E-state index contributed by atoms with van der Waals surface area (Å²) in [5, 5.41) is 0.921. The van der Waals surface area contributed by atoms with Crippen LogP contribution in [0.15, 0.2) is 29.2 Å². The van der Waals surface area contributed by atoms with Gasteiger partial charge in [0.25, 0.3) is 0 Å². The molecular formula is C7H7BrS2. The fourth-order valence-corrected chi connectivity index (χ4v) is 1.64. The monoisotopic (exact) mass is 234 g/mol. The van der Waals surface area contributed by atoms with Crippen molar-refractivity contribution in [1.29, 1.82) is 0 Å². The van der Waals surface area contributed by atoms with Crippen molar-refractivity contribution < 1.29 is 0 Å². The Balaban J connectivity index is 2.80. The molecule has 0 atom stereocenters. The SMILES string of the molecule is SSc1ccc(CBr)cc1. The maximum atomic E-state index is 4.08. The predicted octanol–water partition coefficient (Wildman–Crippen LogP) is 3.52. The first-order chi connectivity index (χ1) is 4.86. The van der Waals surface area contributed by atoms with E-state index in [9.17, 15) is 0 Å². The van der Waals surface area contributed by atoms with E-state index in [0.29, 0.717) is 0 Å². The third-order valence-corrected chi connectivity index (χ3v) is 2.95. The van der Waals surface area contributed by atoms with E-state index in [2.05, 4.69) is 51.9 Å². The Morgan fingerprint density at radius 1 is 1.30 bits per heavy atom. The lowest BCUT2D eigenvalue weighted by Gasteiger charge is -1.95. The zero-order valence-electron chi connectivity index (χ0n) is 5.25. The lowest BCUT2D eigenvalue weighted by atomic mass is 10.2. The minimum absolute atomic E-state index is 0.921. The normalized spacial score (nSPS) is 9.80. The molecule has 0 aliphatic carbocycles. The van der Waals surface area contributed by atoms with Crippen LogP contribution in [0.2, 0.25) is 0 Å². The van der Waals surface area contributed by atoms with E-state index in [4.69, 9.17) is 0 Å². The second kappa shape index (κ2) is 4.31. The largest absolute Gasteiger partial charge is 0.106 e. The molecule has 0 saturated carbocycles. The Labute approximate surface area is 78.3 Å². The molecule has 0 aromatic heterocycles. The van der Waals surface area contributed by atoms with Crippen molar-refractivity contribution in [3.8, 4) is 0 Å². The molecule has 3 heteroatoms. The first kappa shape index (κ1) is 8.50. The van der Waals surface area contributed by atoms with Crippen LogP contribution in [-0.4, -0.2) is 0 Å². The highest BCUT2D eigenvalue weighted by molar-refractivity contribution is 9.08. The van der Waals surface area contributed by atoms with E-state index in [0.717, 1.165) is 5.33 Å². The van der Waals surface area contributed by atoms with Gasteiger partial charge in [0.15, 0.2) is 0 Å². The number of halogens is 1. The molecule has 1 rings (SSSR count). The molecule has 0 aliphatic heterocycles. The van der Waals surface area contributed by atoms with Crippen molar-refractivity contribution in [2.75, 3.05) is 0 Å². The van der Waals surface area contributed by atoms with Gasteiger partial charge in [-0.3, -0.25) is 0 Å². The molecule has 0 radical (unpaired) electrons. The van der Waals surface area contributed by atoms with Crippen LogP contribution in [0.25, 0.3) is 0 Å². The van der Waals surface area contributed by atoms with Crippen LogP contribution in [-0.2, 0) is 5.33 Å². The number of alkyl halides is 1. The second-order valence-corrected chi connectivity index (χ2v) is 3.63. The fourth-order valence-electron chi connectivity index (χ4n) is 0.639. The van der Waals surface area contributed by atoms with Gasteiger partial charge in [-0.25, -0.2) is 0 Å². The van der Waals surface area contributed by atoms with Gasteiger partial charge in [-0.1, -0.05) is 38.9 Å². The third-order valence-electron chi connectivity index (χ3n) is 1.18. The van der Waals surface area contributed by atoms with Crippen LogP contribution in [0.3, 0.4) is 0 Å². The molecule has 0 aliphatic rings. The maximum absolute atomic E-state index is 4.08. The molecule has 0 saturated heterocycles. The molecule has 10 heavy (non-hydrogen) atoms. The summed E-state index contributed by atoms with van der Waals surface area (Å²) in [5.41, 5.74) is 1.30. The number of thiol groups is 1. The molecule has 0 spiro atoms. The number of hydrogen-bond acceptors (Lipinski definition) is 2. The van der Waals surface area contributed by atoms with Crippen LogP contribution >= 0.6 is 38.4 Å². The topological polar surface area (TPSA) is 0 Å². The van der Waals surface area contributed by atoms with Crippen molar-refractivity contribution in [2.45, 2.75) is 10.2 Å². The van der Waals surface area contributed by atoms with Crippen molar-refractivity contribution >= 4 is 38.4 Å². The maximum Gasteiger partial charge on any atom is 0.0283 e. The first-order valence-corrected chi connectivity index (χ1v) is 5.82. The lowest BCUT2D eigenvalue weighted by molar-refractivity contribution is 1.37. The van der Waals surface area contributed by atoms with E-state index < -0.39 is 0 Å². The molecular weight excluding hydrogens is 228 g/mol. The molecule has 0 fully saturated rings. The summed E-state index contributed by atoms with van der Waals surface area (Å²) in [5.74, 6) is 0. The first-order valence-electron chi connectivity index (χ1n) is 2.83. The summed E-state index contributed by atoms with van der Waals surface area (Å²) >= 11 is 7.46. The van der Waals surface area contributed by atoms with Crippen LogP contribution in [0, 0.1) is 0 Å². The Bertz CT molecular complexity index is 172.